The lowest BCUT2D eigenvalue weighted by molar-refractivity contribution is -0.148. The average molecular weight is 523 g/mol. The van der Waals surface area contributed by atoms with Crippen molar-refractivity contribution in [3.05, 3.63) is 34.9 Å². The van der Waals surface area contributed by atoms with Crippen LogP contribution in [0.4, 0.5) is 26.3 Å². The van der Waals surface area contributed by atoms with Crippen molar-refractivity contribution in [1.82, 2.24) is 4.90 Å². The van der Waals surface area contributed by atoms with Crippen LogP contribution in [0.1, 0.15) is 80.9 Å². The van der Waals surface area contributed by atoms with Crippen LogP contribution in [0.2, 0.25) is 0 Å². The number of alkyl halides is 6. The molecule has 202 valence electrons. The van der Waals surface area contributed by atoms with Crippen LogP contribution in [0.3, 0.4) is 0 Å². The molecule has 1 atom stereocenters. The minimum absolute atomic E-state index is 0.00785. The topological polar surface area (TPSA) is 72.6 Å². The number of ether oxygens (including phenoxy) is 1. The van der Waals surface area contributed by atoms with Crippen molar-refractivity contribution in [3.8, 4) is 0 Å². The van der Waals surface area contributed by atoms with E-state index < -0.39 is 46.5 Å². The number of halogens is 6. The first-order chi connectivity index (χ1) is 16.7. The highest BCUT2D eigenvalue weighted by molar-refractivity contribution is 5.78. The largest absolute Gasteiger partial charge is 0.465 e. The fourth-order valence-electron chi connectivity index (χ4n) is 4.88. The molecule has 2 aliphatic rings. The van der Waals surface area contributed by atoms with Gasteiger partial charge in [-0.05, 0) is 62.3 Å². The van der Waals surface area contributed by atoms with Gasteiger partial charge in [0.05, 0.1) is 23.7 Å². The van der Waals surface area contributed by atoms with Gasteiger partial charge >= 0.3 is 18.3 Å². The van der Waals surface area contributed by atoms with Crippen molar-refractivity contribution in [3.63, 3.8) is 0 Å². The Morgan fingerprint density at radius 1 is 1.00 bits per heavy atom. The molecule has 0 aromatic heterocycles. The molecule has 5 nitrogen and oxygen atoms in total. The zero-order chi connectivity index (χ0) is 26.7. The number of esters is 1. The normalized spacial score (nSPS) is 20.2. The predicted octanol–water partition coefficient (Wildman–Crippen LogP) is 5.66. The zero-order valence-corrected chi connectivity index (χ0v) is 20.2. The lowest BCUT2D eigenvalue weighted by Gasteiger charge is -2.37. The number of carbonyl (C=O) groups excluding carboxylic acids is 2. The molecule has 1 saturated carbocycles. The van der Waals surface area contributed by atoms with Gasteiger partial charge in [-0.25, -0.2) is 0 Å². The van der Waals surface area contributed by atoms with E-state index in [1.165, 1.54) is 6.92 Å². The number of nitrogens with two attached hydrogens (primary N) is 1. The molecule has 1 saturated heterocycles. The van der Waals surface area contributed by atoms with E-state index in [1.807, 2.05) is 0 Å². The van der Waals surface area contributed by atoms with Gasteiger partial charge in [0.2, 0.25) is 5.91 Å². The number of piperidine rings is 1. The van der Waals surface area contributed by atoms with E-state index in [2.05, 4.69) is 0 Å². The van der Waals surface area contributed by atoms with E-state index in [9.17, 15) is 35.9 Å². The van der Waals surface area contributed by atoms with Gasteiger partial charge in [0.1, 0.15) is 0 Å². The van der Waals surface area contributed by atoms with Crippen molar-refractivity contribution >= 4 is 11.9 Å². The molecule has 3 rings (SSSR count). The summed E-state index contributed by atoms with van der Waals surface area (Å²) in [7, 11) is 0. The summed E-state index contributed by atoms with van der Waals surface area (Å²) in [5, 5.41) is 0. The van der Waals surface area contributed by atoms with Crippen LogP contribution in [0.15, 0.2) is 18.2 Å². The van der Waals surface area contributed by atoms with E-state index in [4.69, 9.17) is 10.5 Å². The first-order valence-corrected chi connectivity index (χ1v) is 12.2. The molecule has 1 aromatic carbocycles. The summed E-state index contributed by atoms with van der Waals surface area (Å²) in [6, 6.07) is 1.11. The molecule has 1 aliphatic heterocycles. The Kier molecular flexibility index (Phi) is 8.63. The summed E-state index contributed by atoms with van der Waals surface area (Å²) in [6.45, 7) is 2.16. The molecule has 2 N–H and O–H groups in total. The quantitative estimate of drug-likeness (QED) is 0.387. The number of hydrogen-bond donors (Lipinski definition) is 1. The number of amides is 1. The van der Waals surface area contributed by atoms with Gasteiger partial charge in [-0.3, -0.25) is 9.59 Å². The Bertz CT molecular complexity index is 900. The summed E-state index contributed by atoms with van der Waals surface area (Å²) < 4.78 is 83.9. The molecule has 1 amide bonds. The molecule has 0 bridgehead atoms. The second kappa shape index (κ2) is 11.0. The minimum atomic E-state index is -4.99. The first-order valence-electron chi connectivity index (χ1n) is 12.2. The van der Waals surface area contributed by atoms with Crippen LogP contribution in [0.25, 0.3) is 0 Å². The average Bonchev–Trinajstić information content (AvgIpc) is 2.81. The Balaban J connectivity index is 1.53. The third kappa shape index (κ3) is 7.36. The van der Waals surface area contributed by atoms with Crippen LogP contribution >= 0.6 is 0 Å². The van der Waals surface area contributed by atoms with E-state index in [0.717, 1.165) is 32.1 Å². The molecule has 36 heavy (non-hydrogen) atoms. The highest BCUT2D eigenvalue weighted by atomic mass is 19.4. The molecule has 1 unspecified atom stereocenters. The molecule has 1 heterocycles. The molecule has 2 fully saturated rings. The summed E-state index contributed by atoms with van der Waals surface area (Å²) in [6.07, 6.45) is -3.69. The maximum absolute atomic E-state index is 13.1. The maximum Gasteiger partial charge on any atom is 0.416 e. The molecular formula is C25H32F6N2O3. The third-order valence-corrected chi connectivity index (χ3v) is 7.24. The van der Waals surface area contributed by atoms with Crippen molar-refractivity contribution in [2.45, 2.75) is 82.1 Å². The van der Waals surface area contributed by atoms with E-state index in [1.54, 1.807) is 4.90 Å². The lowest BCUT2D eigenvalue weighted by Crippen LogP contribution is -2.48. The van der Waals surface area contributed by atoms with Crippen LogP contribution < -0.4 is 5.73 Å². The van der Waals surface area contributed by atoms with Gasteiger partial charge in [0, 0.05) is 25.0 Å². The monoisotopic (exact) mass is 522 g/mol. The molecule has 1 aliphatic carbocycles. The van der Waals surface area contributed by atoms with Crippen molar-refractivity contribution in [2.24, 2.45) is 11.7 Å². The summed E-state index contributed by atoms with van der Waals surface area (Å²) in [5.74, 6) is -2.26. The smallest absolute Gasteiger partial charge is 0.416 e. The SMILES string of the molecule is CC(C(=O)OCC1CCN(C(=O)CC2(N)CCCCC2)CC1)c1cc(C(F)(F)F)cc(C(F)(F)F)c1. The molecule has 1 aromatic rings. The maximum atomic E-state index is 13.1. The highest BCUT2D eigenvalue weighted by Gasteiger charge is 2.38. The minimum Gasteiger partial charge on any atom is -0.465 e. The number of carbonyl (C=O) groups is 2. The first kappa shape index (κ1) is 28.3. The van der Waals surface area contributed by atoms with Crippen molar-refractivity contribution in [1.29, 1.82) is 0 Å². The molecule has 0 radical (unpaired) electrons. The third-order valence-electron chi connectivity index (χ3n) is 7.24. The van der Waals surface area contributed by atoms with Crippen molar-refractivity contribution in [2.75, 3.05) is 19.7 Å². The zero-order valence-electron chi connectivity index (χ0n) is 20.2. The van der Waals surface area contributed by atoms with E-state index in [-0.39, 0.29) is 24.5 Å². The second-order valence-corrected chi connectivity index (χ2v) is 10.1. The lowest BCUT2D eigenvalue weighted by atomic mass is 9.80. The standard InChI is InChI=1S/C25H32F6N2O3/c1-16(18-11-19(24(26,27)28)13-20(12-18)25(29,30)31)22(35)36-15-17-5-9-33(10-6-17)21(34)14-23(32)7-3-2-4-8-23/h11-13,16-17H,2-10,14-15,32H2,1H3. The van der Waals surface area contributed by atoms with Gasteiger partial charge in [-0.15, -0.1) is 0 Å². The van der Waals surface area contributed by atoms with Gasteiger partial charge in [-0.1, -0.05) is 19.3 Å². The van der Waals surface area contributed by atoms with E-state index in [0.29, 0.717) is 44.5 Å². The Labute approximate surface area is 206 Å². The van der Waals surface area contributed by atoms with E-state index >= 15 is 0 Å². The van der Waals surface area contributed by atoms with Crippen LogP contribution in [0.5, 0.6) is 0 Å². The summed E-state index contributed by atoms with van der Waals surface area (Å²) in [4.78, 5) is 26.9. The fourth-order valence-corrected chi connectivity index (χ4v) is 4.88. The van der Waals surface area contributed by atoms with Crippen molar-refractivity contribution < 1.29 is 40.7 Å². The second-order valence-electron chi connectivity index (χ2n) is 10.1. The van der Waals surface area contributed by atoms with Crippen LogP contribution in [-0.4, -0.2) is 42.0 Å². The molecule has 11 heteroatoms. The van der Waals surface area contributed by atoms with Crippen LogP contribution in [0, 0.1) is 5.92 Å². The summed E-state index contributed by atoms with van der Waals surface area (Å²) >= 11 is 0. The highest BCUT2D eigenvalue weighted by Crippen LogP contribution is 2.38. The van der Waals surface area contributed by atoms with Gasteiger partial charge in [0.15, 0.2) is 0 Å². The van der Waals surface area contributed by atoms with Gasteiger partial charge < -0.3 is 15.4 Å². The number of hydrogen-bond acceptors (Lipinski definition) is 4. The summed E-state index contributed by atoms with van der Waals surface area (Å²) in [5.41, 5.74) is 2.57. The number of benzene rings is 1. The van der Waals surface area contributed by atoms with Crippen LogP contribution in [-0.2, 0) is 26.7 Å². The molecular weight excluding hydrogens is 490 g/mol. The Morgan fingerprint density at radius 3 is 2.03 bits per heavy atom. The number of likely N-dealkylation sites (tertiary alicyclic amines) is 1. The molecule has 0 spiro atoms. The van der Waals surface area contributed by atoms with Gasteiger partial charge in [0.25, 0.3) is 0 Å². The number of nitrogens with zero attached hydrogens (tertiary/aromatic N) is 1. The van der Waals surface area contributed by atoms with Gasteiger partial charge in [-0.2, -0.15) is 26.3 Å². The number of rotatable bonds is 6. The fraction of sp³-hybridized carbons (Fsp3) is 0.680. The predicted molar refractivity (Wildman–Crippen MR) is 120 cm³/mol. The Morgan fingerprint density at radius 2 is 1.53 bits per heavy atom. The Hall–Kier alpha value is -2.30.